The van der Waals surface area contributed by atoms with E-state index in [1.807, 2.05) is 23.1 Å². The zero-order chi connectivity index (χ0) is 18.4. The molecular formula is C21H23ClN2O2. The molecule has 1 saturated heterocycles. The third kappa shape index (κ3) is 4.64. The van der Waals surface area contributed by atoms with E-state index < -0.39 is 0 Å². The van der Waals surface area contributed by atoms with Gasteiger partial charge in [-0.3, -0.25) is 9.59 Å². The SMILES string of the molecule is O=C(NCc1ccccc1Cl)c1ccc(C(=O)N2CCCCCC2)cc1. The van der Waals surface area contributed by atoms with Crippen molar-refractivity contribution in [3.8, 4) is 0 Å². The molecule has 0 atom stereocenters. The molecule has 1 fully saturated rings. The molecule has 1 aliphatic rings. The van der Waals surface area contributed by atoms with E-state index in [0.717, 1.165) is 31.5 Å². The predicted molar refractivity (Wildman–Crippen MR) is 103 cm³/mol. The lowest BCUT2D eigenvalue weighted by Gasteiger charge is -2.20. The normalized spacial score (nSPS) is 14.6. The number of nitrogens with zero attached hydrogens (tertiary/aromatic N) is 1. The van der Waals surface area contributed by atoms with Gasteiger partial charge in [0.1, 0.15) is 0 Å². The molecule has 1 N–H and O–H groups in total. The van der Waals surface area contributed by atoms with Gasteiger partial charge in [0.15, 0.2) is 0 Å². The van der Waals surface area contributed by atoms with Crippen molar-refractivity contribution >= 4 is 23.4 Å². The van der Waals surface area contributed by atoms with E-state index in [4.69, 9.17) is 11.6 Å². The van der Waals surface area contributed by atoms with Gasteiger partial charge in [-0.2, -0.15) is 0 Å². The fourth-order valence-corrected chi connectivity index (χ4v) is 3.34. The van der Waals surface area contributed by atoms with E-state index >= 15 is 0 Å². The molecule has 26 heavy (non-hydrogen) atoms. The molecule has 0 saturated carbocycles. The Labute approximate surface area is 159 Å². The summed E-state index contributed by atoms with van der Waals surface area (Å²) in [5.74, 6) is -0.131. The molecule has 0 radical (unpaired) electrons. The second-order valence-electron chi connectivity index (χ2n) is 6.56. The summed E-state index contributed by atoms with van der Waals surface area (Å²) in [4.78, 5) is 26.8. The highest BCUT2D eigenvalue weighted by Gasteiger charge is 2.17. The second kappa shape index (κ2) is 8.86. The van der Waals surface area contributed by atoms with Gasteiger partial charge in [0, 0.05) is 35.8 Å². The Morgan fingerprint density at radius 1 is 0.885 bits per heavy atom. The van der Waals surface area contributed by atoms with E-state index in [-0.39, 0.29) is 11.8 Å². The molecule has 2 aromatic carbocycles. The Morgan fingerprint density at radius 2 is 1.50 bits per heavy atom. The molecular weight excluding hydrogens is 348 g/mol. The summed E-state index contributed by atoms with van der Waals surface area (Å²) in [5.41, 5.74) is 2.04. The van der Waals surface area contributed by atoms with Crippen molar-refractivity contribution in [3.63, 3.8) is 0 Å². The molecule has 0 aromatic heterocycles. The number of likely N-dealkylation sites (tertiary alicyclic amines) is 1. The van der Waals surface area contributed by atoms with Crippen molar-refractivity contribution in [2.24, 2.45) is 0 Å². The van der Waals surface area contributed by atoms with Crippen LogP contribution in [-0.4, -0.2) is 29.8 Å². The molecule has 2 aromatic rings. The van der Waals surface area contributed by atoms with Crippen molar-refractivity contribution in [2.75, 3.05) is 13.1 Å². The lowest BCUT2D eigenvalue weighted by Crippen LogP contribution is -2.31. The number of carbonyl (C=O) groups is 2. The van der Waals surface area contributed by atoms with Gasteiger partial charge in [0.25, 0.3) is 11.8 Å². The summed E-state index contributed by atoms with van der Waals surface area (Å²) in [7, 11) is 0. The van der Waals surface area contributed by atoms with Gasteiger partial charge in [0.05, 0.1) is 0 Å². The Kier molecular flexibility index (Phi) is 6.29. The topological polar surface area (TPSA) is 49.4 Å². The lowest BCUT2D eigenvalue weighted by molar-refractivity contribution is 0.0761. The lowest BCUT2D eigenvalue weighted by atomic mass is 10.1. The van der Waals surface area contributed by atoms with E-state index in [1.54, 1.807) is 30.3 Å². The summed E-state index contributed by atoms with van der Waals surface area (Å²) in [6, 6.07) is 14.3. The Bertz CT molecular complexity index is 766. The number of amides is 2. The minimum atomic E-state index is -0.182. The van der Waals surface area contributed by atoms with Crippen LogP contribution in [0.3, 0.4) is 0 Å². The quantitative estimate of drug-likeness (QED) is 0.872. The van der Waals surface area contributed by atoms with Crippen LogP contribution in [0.25, 0.3) is 0 Å². The van der Waals surface area contributed by atoms with Gasteiger partial charge in [0.2, 0.25) is 0 Å². The minimum Gasteiger partial charge on any atom is -0.348 e. The first-order valence-electron chi connectivity index (χ1n) is 9.06. The van der Waals surface area contributed by atoms with Gasteiger partial charge >= 0.3 is 0 Å². The number of benzene rings is 2. The maximum Gasteiger partial charge on any atom is 0.253 e. The van der Waals surface area contributed by atoms with E-state index in [0.29, 0.717) is 22.7 Å². The molecule has 0 aliphatic carbocycles. The number of hydrogen-bond donors (Lipinski definition) is 1. The van der Waals surface area contributed by atoms with Gasteiger partial charge in [-0.05, 0) is 48.7 Å². The van der Waals surface area contributed by atoms with Crippen LogP contribution in [0.15, 0.2) is 48.5 Å². The van der Waals surface area contributed by atoms with Crippen molar-refractivity contribution in [1.29, 1.82) is 0 Å². The van der Waals surface area contributed by atoms with Crippen LogP contribution in [0, 0.1) is 0 Å². The molecule has 1 heterocycles. The smallest absolute Gasteiger partial charge is 0.253 e. The molecule has 0 unspecified atom stereocenters. The third-order valence-corrected chi connectivity index (χ3v) is 5.05. The van der Waals surface area contributed by atoms with Crippen LogP contribution in [-0.2, 0) is 6.54 Å². The van der Waals surface area contributed by atoms with Gasteiger partial charge in [-0.1, -0.05) is 42.6 Å². The second-order valence-corrected chi connectivity index (χ2v) is 6.97. The number of halogens is 1. The third-order valence-electron chi connectivity index (χ3n) is 4.68. The van der Waals surface area contributed by atoms with Crippen molar-refractivity contribution in [1.82, 2.24) is 10.2 Å². The highest BCUT2D eigenvalue weighted by Crippen LogP contribution is 2.16. The summed E-state index contributed by atoms with van der Waals surface area (Å²) in [5, 5.41) is 3.49. The van der Waals surface area contributed by atoms with E-state index in [1.165, 1.54) is 12.8 Å². The molecule has 0 spiro atoms. The number of hydrogen-bond acceptors (Lipinski definition) is 2. The average Bonchev–Trinajstić information content (AvgIpc) is 2.96. The summed E-state index contributed by atoms with van der Waals surface area (Å²) in [6.07, 6.45) is 4.51. The molecule has 4 nitrogen and oxygen atoms in total. The van der Waals surface area contributed by atoms with Crippen LogP contribution in [0.5, 0.6) is 0 Å². The maximum absolute atomic E-state index is 12.6. The van der Waals surface area contributed by atoms with Crippen LogP contribution >= 0.6 is 11.6 Å². The zero-order valence-corrected chi connectivity index (χ0v) is 15.5. The Morgan fingerprint density at radius 3 is 2.15 bits per heavy atom. The first kappa shape index (κ1) is 18.5. The molecule has 1 aliphatic heterocycles. The molecule has 3 rings (SSSR count). The Hall–Kier alpha value is -2.33. The first-order valence-corrected chi connectivity index (χ1v) is 9.44. The van der Waals surface area contributed by atoms with Crippen LogP contribution in [0.1, 0.15) is 52.0 Å². The number of carbonyl (C=O) groups excluding carboxylic acids is 2. The van der Waals surface area contributed by atoms with Gasteiger partial charge in [-0.15, -0.1) is 0 Å². The van der Waals surface area contributed by atoms with Gasteiger partial charge in [-0.25, -0.2) is 0 Å². The summed E-state index contributed by atoms with van der Waals surface area (Å²) < 4.78 is 0. The standard InChI is InChI=1S/C21H23ClN2O2/c22-19-8-4-3-7-18(19)15-23-20(25)16-9-11-17(12-10-16)21(26)24-13-5-1-2-6-14-24/h3-4,7-12H,1-2,5-6,13-15H2,(H,23,25). The minimum absolute atomic E-state index is 0.0509. The van der Waals surface area contributed by atoms with Crippen LogP contribution in [0.4, 0.5) is 0 Å². The first-order chi connectivity index (χ1) is 12.6. The average molecular weight is 371 g/mol. The van der Waals surface area contributed by atoms with Crippen molar-refractivity contribution in [2.45, 2.75) is 32.2 Å². The van der Waals surface area contributed by atoms with E-state index in [2.05, 4.69) is 5.32 Å². The Balaban J connectivity index is 1.60. The van der Waals surface area contributed by atoms with Gasteiger partial charge < -0.3 is 10.2 Å². The highest BCUT2D eigenvalue weighted by atomic mass is 35.5. The highest BCUT2D eigenvalue weighted by molar-refractivity contribution is 6.31. The fourth-order valence-electron chi connectivity index (χ4n) is 3.14. The van der Waals surface area contributed by atoms with Crippen molar-refractivity contribution in [3.05, 3.63) is 70.2 Å². The monoisotopic (exact) mass is 370 g/mol. The largest absolute Gasteiger partial charge is 0.348 e. The molecule has 5 heteroatoms. The predicted octanol–water partition coefficient (Wildman–Crippen LogP) is 4.29. The maximum atomic E-state index is 12.6. The number of rotatable bonds is 4. The van der Waals surface area contributed by atoms with Crippen LogP contribution in [0.2, 0.25) is 5.02 Å². The summed E-state index contributed by atoms with van der Waals surface area (Å²) >= 11 is 6.10. The number of nitrogens with one attached hydrogen (secondary N) is 1. The van der Waals surface area contributed by atoms with E-state index in [9.17, 15) is 9.59 Å². The van der Waals surface area contributed by atoms with Crippen molar-refractivity contribution < 1.29 is 9.59 Å². The molecule has 0 bridgehead atoms. The fraction of sp³-hybridized carbons (Fsp3) is 0.333. The summed E-state index contributed by atoms with van der Waals surface area (Å²) in [6.45, 7) is 2.00. The van der Waals surface area contributed by atoms with Crippen LogP contribution < -0.4 is 5.32 Å². The zero-order valence-electron chi connectivity index (χ0n) is 14.7. The molecule has 2 amide bonds. The molecule has 136 valence electrons.